The monoisotopic (exact) mass is 340 g/mol. The van der Waals surface area contributed by atoms with Gasteiger partial charge >= 0.3 is 5.51 Å². The van der Waals surface area contributed by atoms with E-state index in [0.717, 1.165) is 12.8 Å². The smallest absolute Gasteiger partial charge is 0.446 e. The van der Waals surface area contributed by atoms with E-state index in [9.17, 15) is 17.4 Å². The lowest BCUT2D eigenvalue weighted by atomic mass is 10.2. The first-order valence-electron chi connectivity index (χ1n) is 6.60. The van der Waals surface area contributed by atoms with Gasteiger partial charge in [-0.1, -0.05) is 19.9 Å². The van der Waals surface area contributed by atoms with Gasteiger partial charge in [0.25, 0.3) is 0 Å². The molecule has 1 atom stereocenters. The Hall–Kier alpha value is -0.690. The summed E-state index contributed by atoms with van der Waals surface area (Å²) >= 11 is -0.211. The molecular formula is C14H19F3O2S2. The Morgan fingerprint density at radius 2 is 1.90 bits per heavy atom. The molecule has 0 aliphatic carbocycles. The molecule has 0 radical (unpaired) electrons. The standard InChI is InChI=1S/C14H19F3O2S2/c1-4-11(5-2)21(18)9-10-6-7-12(19-3)13(8-10)20-14(15,16)17/h6-8,11H,4-5,9H2,1-3H3. The van der Waals surface area contributed by atoms with Gasteiger partial charge < -0.3 is 4.74 Å². The third-order valence-electron chi connectivity index (χ3n) is 3.05. The Labute approximate surface area is 129 Å². The summed E-state index contributed by atoms with van der Waals surface area (Å²) in [6.07, 6.45) is 1.59. The molecule has 0 saturated heterocycles. The van der Waals surface area contributed by atoms with Gasteiger partial charge in [-0.2, -0.15) is 13.2 Å². The first kappa shape index (κ1) is 18.4. The van der Waals surface area contributed by atoms with Crippen molar-refractivity contribution in [3.8, 4) is 5.75 Å². The van der Waals surface area contributed by atoms with Crippen LogP contribution in [0.1, 0.15) is 32.3 Å². The zero-order chi connectivity index (χ0) is 16.0. The van der Waals surface area contributed by atoms with E-state index in [2.05, 4.69) is 0 Å². The van der Waals surface area contributed by atoms with E-state index in [0.29, 0.717) is 5.56 Å². The van der Waals surface area contributed by atoms with Gasteiger partial charge in [-0.15, -0.1) is 0 Å². The summed E-state index contributed by atoms with van der Waals surface area (Å²) in [5.74, 6) is 0.441. The number of halogens is 3. The minimum absolute atomic E-state index is 0.00375. The molecule has 0 saturated carbocycles. The van der Waals surface area contributed by atoms with Crippen LogP contribution in [0.15, 0.2) is 23.1 Å². The van der Waals surface area contributed by atoms with Gasteiger partial charge in [-0.05, 0) is 42.3 Å². The Balaban J connectivity index is 2.95. The van der Waals surface area contributed by atoms with Gasteiger partial charge in [0.05, 0.1) is 12.0 Å². The predicted octanol–water partition coefficient (Wildman–Crippen LogP) is 4.74. The highest BCUT2D eigenvalue weighted by Gasteiger charge is 2.31. The van der Waals surface area contributed by atoms with Crippen LogP contribution in [0.3, 0.4) is 0 Å². The summed E-state index contributed by atoms with van der Waals surface area (Å²) in [6, 6.07) is 4.57. The van der Waals surface area contributed by atoms with E-state index in [1.807, 2.05) is 13.8 Å². The van der Waals surface area contributed by atoms with Crippen LogP contribution in [0, 0.1) is 0 Å². The Bertz CT molecular complexity index is 486. The highest BCUT2D eigenvalue weighted by molar-refractivity contribution is 8.00. The van der Waals surface area contributed by atoms with Gasteiger partial charge in [0, 0.05) is 21.8 Å². The molecule has 0 spiro atoms. The third-order valence-corrected chi connectivity index (χ3v) is 5.84. The lowest BCUT2D eigenvalue weighted by Crippen LogP contribution is -2.14. The average molecular weight is 340 g/mol. The Morgan fingerprint density at radius 3 is 2.38 bits per heavy atom. The zero-order valence-corrected chi connectivity index (χ0v) is 13.8. The summed E-state index contributed by atoms with van der Waals surface area (Å²) in [5, 5.41) is 0.0748. The van der Waals surface area contributed by atoms with E-state index >= 15 is 0 Å². The SMILES string of the molecule is CCC(CC)S(=O)Cc1ccc(OC)c(SC(F)(F)F)c1. The Morgan fingerprint density at radius 1 is 1.29 bits per heavy atom. The molecule has 0 amide bonds. The van der Waals surface area contributed by atoms with E-state index in [-0.39, 0.29) is 33.4 Å². The van der Waals surface area contributed by atoms with Gasteiger partial charge in [0.15, 0.2) is 0 Å². The summed E-state index contributed by atoms with van der Waals surface area (Å²) < 4.78 is 54.7. The van der Waals surface area contributed by atoms with Crippen molar-refractivity contribution in [3.05, 3.63) is 23.8 Å². The molecule has 0 fully saturated rings. The molecule has 1 unspecified atom stereocenters. The first-order chi connectivity index (χ1) is 9.80. The molecule has 1 aromatic rings. The number of alkyl halides is 3. The highest BCUT2D eigenvalue weighted by Crippen LogP contribution is 2.41. The van der Waals surface area contributed by atoms with Crippen molar-refractivity contribution in [2.45, 2.75) is 48.1 Å². The predicted molar refractivity (Wildman–Crippen MR) is 81.1 cm³/mol. The fourth-order valence-corrected chi connectivity index (χ4v) is 4.16. The van der Waals surface area contributed by atoms with Gasteiger partial charge in [-0.3, -0.25) is 4.21 Å². The van der Waals surface area contributed by atoms with Crippen LogP contribution in [0.2, 0.25) is 0 Å². The number of ether oxygens (including phenoxy) is 1. The van der Waals surface area contributed by atoms with E-state index in [1.54, 1.807) is 6.07 Å². The number of hydrogen-bond acceptors (Lipinski definition) is 3. The minimum Gasteiger partial charge on any atom is -0.496 e. The van der Waals surface area contributed by atoms with Gasteiger partial charge in [0.2, 0.25) is 0 Å². The minimum atomic E-state index is -4.37. The van der Waals surface area contributed by atoms with Crippen molar-refractivity contribution < 1.29 is 22.1 Å². The summed E-state index contributed by atoms with van der Waals surface area (Å²) in [6.45, 7) is 3.93. The topological polar surface area (TPSA) is 26.3 Å². The summed E-state index contributed by atoms with van der Waals surface area (Å²) in [5.41, 5.74) is -3.74. The first-order valence-corrected chi connectivity index (χ1v) is 8.80. The van der Waals surface area contributed by atoms with Crippen molar-refractivity contribution in [1.29, 1.82) is 0 Å². The second-order valence-electron chi connectivity index (χ2n) is 4.50. The molecule has 0 aliphatic heterocycles. The van der Waals surface area contributed by atoms with Crippen LogP contribution in [0.25, 0.3) is 0 Å². The molecule has 21 heavy (non-hydrogen) atoms. The number of hydrogen-bond donors (Lipinski definition) is 0. The zero-order valence-electron chi connectivity index (χ0n) is 12.2. The van der Waals surface area contributed by atoms with E-state index in [1.165, 1.54) is 19.2 Å². The number of rotatable bonds is 7. The average Bonchev–Trinajstić information content (AvgIpc) is 2.38. The number of benzene rings is 1. The molecular weight excluding hydrogens is 321 g/mol. The van der Waals surface area contributed by atoms with E-state index < -0.39 is 16.3 Å². The molecule has 0 aromatic heterocycles. The van der Waals surface area contributed by atoms with Crippen LogP contribution >= 0.6 is 11.8 Å². The molecule has 1 rings (SSSR count). The summed E-state index contributed by atoms with van der Waals surface area (Å²) in [7, 11) is 0.251. The number of thioether (sulfide) groups is 1. The molecule has 2 nitrogen and oxygen atoms in total. The van der Waals surface area contributed by atoms with Crippen LogP contribution < -0.4 is 4.74 Å². The fourth-order valence-electron chi connectivity index (χ4n) is 1.96. The quantitative estimate of drug-likeness (QED) is 0.670. The molecule has 0 aliphatic rings. The maximum atomic E-state index is 12.5. The summed E-state index contributed by atoms with van der Waals surface area (Å²) in [4.78, 5) is 0.00375. The van der Waals surface area contributed by atoms with Crippen LogP contribution in [0.5, 0.6) is 5.75 Å². The second-order valence-corrected chi connectivity index (χ2v) is 7.32. The molecule has 120 valence electrons. The van der Waals surface area contributed by atoms with Crippen molar-refractivity contribution >= 4 is 22.6 Å². The lowest BCUT2D eigenvalue weighted by molar-refractivity contribution is -0.0328. The molecule has 0 heterocycles. The lowest BCUT2D eigenvalue weighted by Gasteiger charge is -2.14. The van der Waals surface area contributed by atoms with Crippen LogP contribution in [-0.4, -0.2) is 22.1 Å². The molecule has 0 N–H and O–H groups in total. The maximum absolute atomic E-state index is 12.5. The van der Waals surface area contributed by atoms with Crippen molar-refractivity contribution in [3.63, 3.8) is 0 Å². The van der Waals surface area contributed by atoms with Crippen molar-refractivity contribution in [2.24, 2.45) is 0 Å². The van der Waals surface area contributed by atoms with Crippen LogP contribution in [-0.2, 0) is 16.6 Å². The number of methoxy groups -OCH3 is 1. The second kappa shape index (κ2) is 8.08. The highest BCUT2D eigenvalue weighted by atomic mass is 32.2. The van der Waals surface area contributed by atoms with Crippen LogP contribution in [0.4, 0.5) is 13.2 Å². The maximum Gasteiger partial charge on any atom is 0.446 e. The fraction of sp³-hybridized carbons (Fsp3) is 0.571. The largest absolute Gasteiger partial charge is 0.496 e. The Kier molecular flexibility index (Phi) is 7.06. The van der Waals surface area contributed by atoms with Gasteiger partial charge in [-0.25, -0.2) is 0 Å². The van der Waals surface area contributed by atoms with Crippen molar-refractivity contribution in [1.82, 2.24) is 0 Å². The van der Waals surface area contributed by atoms with E-state index in [4.69, 9.17) is 4.74 Å². The normalized spacial score (nSPS) is 13.5. The molecule has 0 bridgehead atoms. The molecule has 1 aromatic carbocycles. The van der Waals surface area contributed by atoms with Gasteiger partial charge in [0.1, 0.15) is 5.75 Å². The van der Waals surface area contributed by atoms with Crippen molar-refractivity contribution in [2.75, 3.05) is 7.11 Å². The molecule has 7 heteroatoms. The third kappa shape index (κ3) is 5.90.